The zero-order chi connectivity index (χ0) is 12.8. The number of ether oxygens (including phenoxy) is 1. The van der Waals surface area contributed by atoms with Crippen LogP contribution in [0.5, 0.6) is 0 Å². The van der Waals surface area contributed by atoms with Gasteiger partial charge in [-0.1, -0.05) is 29.8 Å². The van der Waals surface area contributed by atoms with Crippen LogP contribution in [0.15, 0.2) is 24.3 Å². The molecule has 0 saturated carbocycles. The lowest BCUT2D eigenvalue weighted by Gasteiger charge is -2.11. The third-order valence-corrected chi connectivity index (χ3v) is 2.61. The molecule has 1 atom stereocenters. The van der Waals surface area contributed by atoms with E-state index in [9.17, 15) is 9.59 Å². The average Bonchev–Trinajstić information content (AvgIpc) is 2.31. The second-order valence-corrected chi connectivity index (χ2v) is 3.99. The first-order valence-corrected chi connectivity index (χ1v) is 5.53. The van der Waals surface area contributed by atoms with Crippen molar-refractivity contribution in [2.24, 2.45) is 0 Å². The zero-order valence-corrected chi connectivity index (χ0v) is 10.5. The van der Waals surface area contributed by atoms with Crippen molar-refractivity contribution in [1.82, 2.24) is 5.32 Å². The number of methoxy groups -OCH3 is 1. The fraction of sp³-hybridized carbons (Fsp3) is 0.333. The minimum absolute atomic E-state index is 0.140. The molecule has 0 spiro atoms. The summed E-state index contributed by atoms with van der Waals surface area (Å²) in [6.45, 7) is 1.57. The summed E-state index contributed by atoms with van der Waals surface area (Å²) in [5, 5.41) is 3.07. The van der Waals surface area contributed by atoms with E-state index in [2.05, 4.69) is 10.1 Å². The first-order chi connectivity index (χ1) is 8.04. The van der Waals surface area contributed by atoms with Gasteiger partial charge in [-0.2, -0.15) is 0 Å². The van der Waals surface area contributed by atoms with Crippen LogP contribution in [0.2, 0.25) is 5.02 Å². The van der Waals surface area contributed by atoms with Crippen LogP contribution in [-0.4, -0.2) is 25.0 Å². The number of amides is 1. The summed E-state index contributed by atoms with van der Waals surface area (Å²) < 4.78 is 4.51. The van der Waals surface area contributed by atoms with Crippen LogP contribution in [0.3, 0.4) is 0 Å². The molecule has 1 N–H and O–H groups in total. The number of carbonyl (C=O) groups excluding carboxylic acids is 2. The molecule has 92 valence electrons. The molecule has 1 amide bonds. The van der Waals surface area contributed by atoms with E-state index in [1.54, 1.807) is 31.2 Å². The number of nitrogens with one attached hydrogen (secondary N) is 1. The number of benzene rings is 1. The highest BCUT2D eigenvalue weighted by molar-refractivity contribution is 6.31. The smallest absolute Gasteiger partial charge is 0.328 e. The Morgan fingerprint density at radius 3 is 2.65 bits per heavy atom. The summed E-state index contributed by atoms with van der Waals surface area (Å²) in [7, 11) is 1.28. The van der Waals surface area contributed by atoms with E-state index in [-0.39, 0.29) is 12.3 Å². The minimum atomic E-state index is -0.657. The highest BCUT2D eigenvalue weighted by atomic mass is 35.5. The molecule has 5 heteroatoms. The van der Waals surface area contributed by atoms with Gasteiger partial charge in [-0.15, -0.1) is 0 Å². The zero-order valence-electron chi connectivity index (χ0n) is 9.70. The highest BCUT2D eigenvalue weighted by Crippen LogP contribution is 2.15. The van der Waals surface area contributed by atoms with Gasteiger partial charge >= 0.3 is 5.97 Å². The summed E-state index contributed by atoms with van der Waals surface area (Å²) in [6.07, 6.45) is 0.140. The maximum Gasteiger partial charge on any atom is 0.328 e. The third-order valence-electron chi connectivity index (χ3n) is 2.24. The van der Waals surface area contributed by atoms with Gasteiger partial charge < -0.3 is 10.1 Å². The van der Waals surface area contributed by atoms with Crippen molar-refractivity contribution >= 4 is 23.5 Å². The Labute approximate surface area is 105 Å². The topological polar surface area (TPSA) is 55.4 Å². The van der Waals surface area contributed by atoms with Crippen LogP contribution in [-0.2, 0) is 20.7 Å². The maximum absolute atomic E-state index is 11.6. The lowest BCUT2D eigenvalue weighted by atomic mass is 10.1. The van der Waals surface area contributed by atoms with E-state index in [1.165, 1.54) is 7.11 Å². The molecule has 17 heavy (non-hydrogen) atoms. The Hall–Kier alpha value is -1.55. The molecule has 0 bridgehead atoms. The molecular formula is C12H14ClNO3. The number of rotatable bonds is 4. The van der Waals surface area contributed by atoms with Crippen molar-refractivity contribution in [2.75, 3.05) is 7.11 Å². The molecule has 0 aliphatic rings. The Kier molecular flexibility index (Phi) is 4.97. The molecule has 0 aliphatic heterocycles. The van der Waals surface area contributed by atoms with Crippen molar-refractivity contribution in [3.8, 4) is 0 Å². The Morgan fingerprint density at radius 2 is 2.06 bits per heavy atom. The minimum Gasteiger partial charge on any atom is -0.467 e. The molecule has 0 aliphatic carbocycles. The van der Waals surface area contributed by atoms with Crippen molar-refractivity contribution in [1.29, 1.82) is 0 Å². The van der Waals surface area contributed by atoms with Gasteiger partial charge in [0.1, 0.15) is 6.04 Å². The first-order valence-electron chi connectivity index (χ1n) is 5.15. The SMILES string of the molecule is COC(=O)C(C)NC(=O)Cc1ccccc1Cl. The third kappa shape index (κ3) is 4.07. The number of hydrogen-bond acceptors (Lipinski definition) is 3. The van der Waals surface area contributed by atoms with Crippen LogP contribution < -0.4 is 5.32 Å². The summed E-state index contributed by atoms with van der Waals surface area (Å²) in [5.74, 6) is -0.742. The Bertz CT molecular complexity index is 420. The van der Waals surface area contributed by atoms with Crippen molar-refractivity contribution in [2.45, 2.75) is 19.4 Å². The van der Waals surface area contributed by atoms with Gasteiger partial charge in [-0.25, -0.2) is 4.79 Å². The van der Waals surface area contributed by atoms with E-state index < -0.39 is 12.0 Å². The van der Waals surface area contributed by atoms with E-state index in [0.29, 0.717) is 5.02 Å². The van der Waals surface area contributed by atoms with E-state index >= 15 is 0 Å². The van der Waals surface area contributed by atoms with Gasteiger partial charge in [0.2, 0.25) is 5.91 Å². The van der Waals surface area contributed by atoms with Crippen LogP contribution >= 0.6 is 11.6 Å². The normalized spacial score (nSPS) is 11.7. The second kappa shape index (κ2) is 6.25. The largest absolute Gasteiger partial charge is 0.467 e. The number of carbonyl (C=O) groups is 2. The Balaban J connectivity index is 2.56. The number of hydrogen-bond donors (Lipinski definition) is 1. The van der Waals surface area contributed by atoms with Crippen LogP contribution in [0.1, 0.15) is 12.5 Å². The first kappa shape index (κ1) is 13.5. The second-order valence-electron chi connectivity index (χ2n) is 3.58. The molecule has 0 heterocycles. The number of esters is 1. The van der Waals surface area contributed by atoms with Gasteiger partial charge in [0.15, 0.2) is 0 Å². The summed E-state index contributed by atoms with van der Waals surface area (Å²) in [5.41, 5.74) is 0.726. The van der Waals surface area contributed by atoms with E-state index in [0.717, 1.165) is 5.56 Å². The molecule has 0 saturated heterocycles. The highest BCUT2D eigenvalue weighted by Gasteiger charge is 2.16. The van der Waals surface area contributed by atoms with Crippen LogP contribution in [0, 0.1) is 0 Å². The van der Waals surface area contributed by atoms with Gasteiger partial charge in [-0.3, -0.25) is 4.79 Å². The molecular weight excluding hydrogens is 242 g/mol. The lowest BCUT2D eigenvalue weighted by Crippen LogP contribution is -2.39. The monoisotopic (exact) mass is 255 g/mol. The van der Waals surface area contributed by atoms with Crippen LogP contribution in [0.4, 0.5) is 0 Å². The molecule has 1 unspecified atom stereocenters. The molecule has 1 aromatic rings. The molecule has 0 aromatic heterocycles. The van der Waals surface area contributed by atoms with Gasteiger partial charge in [0.05, 0.1) is 13.5 Å². The average molecular weight is 256 g/mol. The summed E-state index contributed by atoms with van der Waals surface area (Å²) in [4.78, 5) is 22.7. The van der Waals surface area contributed by atoms with E-state index in [4.69, 9.17) is 11.6 Å². The van der Waals surface area contributed by atoms with Crippen molar-refractivity contribution < 1.29 is 14.3 Å². The standard InChI is InChI=1S/C12H14ClNO3/c1-8(12(16)17-2)14-11(15)7-9-5-3-4-6-10(9)13/h3-6,8H,7H2,1-2H3,(H,14,15). The molecule has 4 nitrogen and oxygen atoms in total. The molecule has 1 rings (SSSR count). The fourth-order valence-corrected chi connectivity index (χ4v) is 1.55. The van der Waals surface area contributed by atoms with Gasteiger partial charge in [0, 0.05) is 5.02 Å². The maximum atomic E-state index is 11.6. The van der Waals surface area contributed by atoms with Crippen LogP contribution in [0.25, 0.3) is 0 Å². The Morgan fingerprint density at radius 1 is 1.41 bits per heavy atom. The predicted molar refractivity (Wildman–Crippen MR) is 64.8 cm³/mol. The summed E-state index contributed by atoms with van der Waals surface area (Å²) >= 11 is 5.92. The fourth-order valence-electron chi connectivity index (χ4n) is 1.34. The molecule has 0 fully saturated rings. The predicted octanol–water partition coefficient (Wildman–Crippen LogP) is 1.56. The van der Waals surface area contributed by atoms with Gasteiger partial charge in [0.25, 0.3) is 0 Å². The van der Waals surface area contributed by atoms with E-state index in [1.807, 2.05) is 0 Å². The molecule has 0 radical (unpaired) electrons. The van der Waals surface area contributed by atoms with Crippen molar-refractivity contribution in [3.05, 3.63) is 34.9 Å². The number of halogens is 1. The quantitative estimate of drug-likeness (QED) is 0.831. The molecule has 1 aromatic carbocycles. The lowest BCUT2D eigenvalue weighted by molar-refractivity contribution is -0.144. The summed E-state index contributed by atoms with van der Waals surface area (Å²) in [6, 6.07) is 6.42. The van der Waals surface area contributed by atoms with Crippen molar-refractivity contribution in [3.63, 3.8) is 0 Å². The van der Waals surface area contributed by atoms with Gasteiger partial charge in [-0.05, 0) is 18.6 Å².